The van der Waals surface area contributed by atoms with Crippen molar-refractivity contribution in [3.05, 3.63) is 58.6 Å². The Kier molecular flexibility index (Phi) is 5.81. The first kappa shape index (κ1) is 15.3. The van der Waals surface area contributed by atoms with Crippen LogP contribution in [0.25, 0.3) is 0 Å². The van der Waals surface area contributed by atoms with E-state index < -0.39 is 0 Å². The van der Waals surface area contributed by atoms with Crippen LogP contribution in [-0.4, -0.2) is 5.75 Å². The lowest BCUT2D eigenvalue weighted by molar-refractivity contribution is 0.305. The van der Waals surface area contributed by atoms with E-state index in [1.54, 1.807) is 0 Å². The van der Waals surface area contributed by atoms with E-state index in [4.69, 9.17) is 16.3 Å². The van der Waals surface area contributed by atoms with Gasteiger partial charge in [-0.3, -0.25) is 0 Å². The number of ether oxygens (including phenoxy) is 1. The fraction of sp³-hybridized carbons (Fsp3) is 0.294. The SMILES string of the molecule is CCCSc1cc(OCc2ccc(Cl)cc2)ccc1C. The quantitative estimate of drug-likeness (QED) is 0.630. The molecule has 0 bridgehead atoms. The standard InChI is InChI=1S/C17H19ClOS/c1-3-10-20-17-11-16(9-4-13(17)2)19-12-14-5-7-15(18)8-6-14/h4-9,11H,3,10,12H2,1-2H3. The molecule has 0 unspecified atom stereocenters. The normalized spacial score (nSPS) is 10.6. The van der Waals surface area contributed by atoms with Gasteiger partial charge in [0.25, 0.3) is 0 Å². The van der Waals surface area contributed by atoms with Crippen LogP contribution in [0.5, 0.6) is 5.75 Å². The maximum atomic E-state index is 5.87. The van der Waals surface area contributed by atoms with Crippen LogP contribution in [0, 0.1) is 6.92 Å². The lowest BCUT2D eigenvalue weighted by atomic mass is 10.2. The van der Waals surface area contributed by atoms with E-state index in [1.807, 2.05) is 42.1 Å². The second-order valence-electron chi connectivity index (χ2n) is 4.69. The lowest BCUT2D eigenvalue weighted by Gasteiger charge is -2.10. The van der Waals surface area contributed by atoms with Gasteiger partial charge in [0.1, 0.15) is 12.4 Å². The minimum absolute atomic E-state index is 0.568. The Morgan fingerprint density at radius 1 is 1.10 bits per heavy atom. The monoisotopic (exact) mass is 306 g/mol. The van der Waals surface area contributed by atoms with E-state index in [9.17, 15) is 0 Å². The molecule has 0 aliphatic rings. The largest absolute Gasteiger partial charge is 0.489 e. The first-order valence-electron chi connectivity index (χ1n) is 6.79. The predicted octanol–water partition coefficient (Wildman–Crippen LogP) is 5.73. The third kappa shape index (κ3) is 4.46. The topological polar surface area (TPSA) is 9.23 Å². The van der Waals surface area contributed by atoms with E-state index in [-0.39, 0.29) is 0 Å². The first-order chi connectivity index (χ1) is 9.69. The Bertz CT molecular complexity index is 551. The van der Waals surface area contributed by atoms with Gasteiger partial charge >= 0.3 is 0 Å². The van der Waals surface area contributed by atoms with Crippen molar-refractivity contribution < 1.29 is 4.74 Å². The van der Waals surface area contributed by atoms with Crippen molar-refractivity contribution in [3.63, 3.8) is 0 Å². The van der Waals surface area contributed by atoms with Crippen molar-refractivity contribution in [2.45, 2.75) is 31.8 Å². The van der Waals surface area contributed by atoms with Crippen LogP contribution in [0.1, 0.15) is 24.5 Å². The van der Waals surface area contributed by atoms with E-state index in [0.29, 0.717) is 6.61 Å². The van der Waals surface area contributed by atoms with Gasteiger partial charge in [-0.15, -0.1) is 11.8 Å². The van der Waals surface area contributed by atoms with Crippen LogP contribution in [0.4, 0.5) is 0 Å². The molecule has 0 aromatic heterocycles. The maximum Gasteiger partial charge on any atom is 0.120 e. The van der Waals surface area contributed by atoms with Gasteiger partial charge in [-0.2, -0.15) is 0 Å². The first-order valence-corrected chi connectivity index (χ1v) is 8.16. The van der Waals surface area contributed by atoms with E-state index in [1.165, 1.54) is 16.9 Å². The highest BCUT2D eigenvalue weighted by atomic mass is 35.5. The Labute approximate surface area is 130 Å². The molecule has 0 amide bonds. The minimum atomic E-state index is 0.568. The van der Waals surface area contributed by atoms with Crippen molar-refractivity contribution >= 4 is 23.4 Å². The van der Waals surface area contributed by atoms with Gasteiger partial charge in [-0.25, -0.2) is 0 Å². The molecule has 0 saturated heterocycles. The third-order valence-electron chi connectivity index (χ3n) is 2.94. The lowest BCUT2D eigenvalue weighted by Crippen LogP contribution is -1.95. The van der Waals surface area contributed by atoms with Gasteiger partial charge in [0, 0.05) is 9.92 Å². The van der Waals surface area contributed by atoms with Gasteiger partial charge in [-0.1, -0.05) is 36.7 Å². The average Bonchev–Trinajstić information content (AvgIpc) is 2.46. The highest BCUT2D eigenvalue weighted by Gasteiger charge is 2.02. The van der Waals surface area contributed by atoms with Gasteiger partial charge in [0.2, 0.25) is 0 Å². The molecule has 0 aliphatic heterocycles. The molecule has 0 atom stereocenters. The molecule has 3 heteroatoms. The van der Waals surface area contributed by atoms with Crippen molar-refractivity contribution in [3.8, 4) is 5.75 Å². The van der Waals surface area contributed by atoms with Crippen LogP contribution in [-0.2, 0) is 6.61 Å². The summed E-state index contributed by atoms with van der Waals surface area (Å²) in [7, 11) is 0. The summed E-state index contributed by atoms with van der Waals surface area (Å²) >= 11 is 7.76. The van der Waals surface area contributed by atoms with Crippen LogP contribution in [0.2, 0.25) is 5.02 Å². The molecular weight excluding hydrogens is 288 g/mol. The van der Waals surface area contributed by atoms with E-state index >= 15 is 0 Å². The predicted molar refractivity (Wildman–Crippen MR) is 88.0 cm³/mol. The van der Waals surface area contributed by atoms with E-state index in [0.717, 1.165) is 22.1 Å². The molecule has 20 heavy (non-hydrogen) atoms. The highest BCUT2D eigenvalue weighted by Crippen LogP contribution is 2.27. The van der Waals surface area contributed by atoms with Crippen molar-refractivity contribution in [2.24, 2.45) is 0 Å². The minimum Gasteiger partial charge on any atom is -0.489 e. The van der Waals surface area contributed by atoms with Gasteiger partial charge in [0.05, 0.1) is 0 Å². The Hall–Kier alpha value is -1.12. The molecule has 1 nitrogen and oxygen atoms in total. The van der Waals surface area contributed by atoms with Gasteiger partial charge < -0.3 is 4.74 Å². The van der Waals surface area contributed by atoms with E-state index in [2.05, 4.69) is 26.0 Å². The van der Waals surface area contributed by atoms with Crippen molar-refractivity contribution in [2.75, 3.05) is 5.75 Å². The smallest absolute Gasteiger partial charge is 0.120 e. The second kappa shape index (κ2) is 7.61. The van der Waals surface area contributed by atoms with Gasteiger partial charge in [0.15, 0.2) is 0 Å². The summed E-state index contributed by atoms with van der Waals surface area (Å²) in [5.74, 6) is 2.06. The summed E-state index contributed by atoms with van der Waals surface area (Å²) in [6.07, 6.45) is 1.18. The van der Waals surface area contributed by atoms with Crippen LogP contribution < -0.4 is 4.74 Å². The third-order valence-corrected chi connectivity index (χ3v) is 4.56. The fourth-order valence-corrected chi connectivity index (χ4v) is 2.83. The van der Waals surface area contributed by atoms with Crippen LogP contribution in [0.3, 0.4) is 0 Å². The molecule has 0 fully saturated rings. The summed E-state index contributed by atoms with van der Waals surface area (Å²) in [6, 6.07) is 14.0. The summed E-state index contributed by atoms with van der Waals surface area (Å²) in [5, 5.41) is 0.752. The summed E-state index contributed by atoms with van der Waals surface area (Å²) in [5.41, 5.74) is 2.43. The van der Waals surface area contributed by atoms with Crippen LogP contribution >= 0.6 is 23.4 Å². The highest BCUT2D eigenvalue weighted by molar-refractivity contribution is 7.99. The molecule has 0 aliphatic carbocycles. The summed E-state index contributed by atoms with van der Waals surface area (Å²) < 4.78 is 5.85. The molecule has 0 spiro atoms. The molecule has 2 aromatic rings. The average molecular weight is 307 g/mol. The molecule has 0 radical (unpaired) electrons. The molecule has 0 saturated carbocycles. The number of hydrogen-bond donors (Lipinski definition) is 0. The molecule has 106 valence electrons. The molecule has 2 rings (SSSR count). The molecule has 0 N–H and O–H groups in total. The molecule has 0 heterocycles. The van der Waals surface area contributed by atoms with Crippen molar-refractivity contribution in [1.82, 2.24) is 0 Å². The van der Waals surface area contributed by atoms with Crippen LogP contribution in [0.15, 0.2) is 47.4 Å². The Morgan fingerprint density at radius 2 is 1.85 bits per heavy atom. The number of aryl methyl sites for hydroxylation is 1. The number of halogens is 1. The zero-order valence-electron chi connectivity index (χ0n) is 11.9. The summed E-state index contributed by atoms with van der Waals surface area (Å²) in [6.45, 7) is 4.91. The zero-order chi connectivity index (χ0) is 14.4. The molecule has 2 aromatic carbocycles. The Morgan fingerprint density at radius 3 is 2.55 bits per heavy atom. The number of benzene rings is 2. The maximum absolute atomic E-state index is 5.87. The molecular formula is C17H19ClOS. The number of rotatable bonds is 6. The second-order valence-corrected chi connectivity index (χ2v) is 6.26. The van der Waals surface area contributed by atoms with Crippen molar-refractivity contribution in [1.29, 1.82) is 0 Å². The zero-order valence-corrected chi connectivity index (χ0v) is 13.4. The summed E-state index contributed by atoms with van der Waals surface area (Å²) in [4.78, 5) is 1.31. The van der Waals surface area contributed by atoms with Gasteiger partial charge in [-0.05, 0) is 54.5 Å². The number of hydrogen-bond acceptors (Lipinski definition) is 2. The Balaban J connectivity index is 2.00. The number of thioether (sulfide) groups is 1. The fourth-order valence-electron chi connectivity index (χ4n) is 1.79.